The van der Waals surface area contributed by atoms with Crippen molar-refractivity contribution >= 4 is 17.7 Å². The van der Waals surface area contributed by atoms with E-state index in [4.69, 9.17) is 14.0 Å². The Morgan fingerprint density at radius 1 is 1.09 bits per heavy atom. The highest BCUT2D eigenvalue weighted by Gasteiger charge is 2.52. The number of nitrogens with zero attached hydrogens (tertiary/aromatic N) is 1. The Hall–Kier alpha value is -4.05. The number of aryl methyl sites for hydroxylation is 1. The maximum atomic E-state index is 12.4. The number of hydrogen-bond acceptors (Lipinski definition) is 6. The number of methoxy groups -OCH3 is 1. The molecule has 0 spiro atoms. The number of nitrogens with one attached hydrogen (secondary N) is 1. The van der Waals surface area contributed by atoms with Crippen LogP contribution in [0.2, 0.25) is 0 Å². The molecule has 0 unspecified atom stereocenters. The van der Waals surface area contributed by atoms with Crippen LogP contribution in [0.4, 0.5) is 10.5 Å². The molecule has 1 aliphatic carbocycles. The van der Waals surface area contributed by atoms with E-state index in [0.717, 1.165) is 29.5 Å². The van der Waals surface area contributed by atoms with Gasteiger partial charge in [0.25, 0.3) is 0 Å². The lowest BCUT2D eigenvalue weighted by atomic mass is 9.95. The summed E-state index contributed by atoms with van der Waals surface area (Å²) in [6.07, 6.45) is 0.535. The third-order valence-corrected chi connectivity index (χ3v) is 5.73. The van der Waals surface area contributed by atoms with E-state index in [-0.39, 0.29) is 11.7 Å². The topological polar surface area (TPSA) is 90.7 Å². The van der Waals surface area contributed by atoms with Gasteiger partial charge in [0.15, 0.2) is 0 Å². The van der Waals surface area contributed by atoms with E-state index in [0.29, 0.717) is 11.4 Å². The van der Waals surface area contributed by atoms with Crippen LogP contribution in [0.25, 0.3) is 0 Å². The van der Waals surface area contributed by atoms with Gasteiger partial charge in [-0.25, -0.2) is 4.79 Å². The molecule has 1 aliphatic rings. The van der Waals surface area contributed by atoms with Gasteiger partial charge in [-0.1, -0.05) is 53.5 Å². The summed E-state index contributed by atoms with van der Waals surface area (Å²) in [5.74, 6) is 5.94. The second-order valence-corrected chi connectivity index (χ2v) is 7.96. The second kappa shape index (κ2) is 9.21. The second-order valence-electron chi connectivity index (χ2n) is 7.96. The molecule has 2 aromatic carbocycles. The Morgan fingerprint density at radius 2 is 1.79 bits per heavy atom. The lowest BCUT2D eigenvalue weighted by Crippen LogP contribution is -2.21. The molecule has 1 amide bonds. The van der Waals surface area contributed by atoms with Gasteiger partial charge in [0.2, 0.25) is 5.76 Å². The van der Waals surface area contributed by atoms with Crippen molar-refractivity contribution in [2.75, 3.05) is 12.4 Å². The highest BCUT2D eigenvalue weighted by molar-refractivity contribution is 5.87. The lowest BCUT2D eigenvalue weighted by Gasteiger charge is -2.13. The van der Waals surface area contributed by atoms with Crippen molar-refractivity contribution in [3.8, 4) is 11.8 Å². The van der Waals surface area contributed by atoms with E-state index >= 15 is 0 Å². The van der Waals surface area contributed by atoms with Gasteiger partial charge in [0.05, 0.1) is 12.5 Å². The summed E-state index contributed by atoms with van der Waals surface area (Å²) in [6, 6.07) is 16.9. The molecular weight excluding hydrogens is 420 g/mol. The Bertz CT molecular complexity index is 1220. The van der Waals surface area contributed by atoms with Crippen molar-refractivity contribution in [2.45, 2.75) is 38.2 Å². The van der Waals surface area contributed by atoms with Gasteiger partial charge in [0, 0.05) is 5.56 Å². The first-order chi connectivity index (χ1) is 15.9. The monoisotopic (exact) mass is 444 g/mol. The molecule has 1 fully saturated rings. The number of benzene rings is 2. The molecule has 0 aliphatic heterocycles. The van der Waals surface area contributed by atoms with Gasteiger partial charge >= 0.3 is 12.1 Å². The number of aromatic nitrogens is 1. The number of rotatable bonds is 5. The molecule has 1 heterocycles. The summed E-state index contributed by atoms with van der Waals surface area (Å²) in [5, 5.41) is 6.58. The zero-order chi connectivity index (χ0) is 23.4. The van der Waals surface area contributed by atoms with Crippen molar-refractivity contribution in [3.63, 3.8) is 0 Å². The van der Waals surface area contributed by atoms with E-state index in [9.17, 15) is 9.59 Å². The molecule has 7 nitrogen and oxygen atoms in total. The predicted octanol–water partition coefficient (Wildman–Crippen LogP) is 4.90. The van der Waals surface area contributed by atoms with Gasteiger partial charge in [0.1, 0.15) is 17.5 Å². The van der Waals surface area contributed by atoms with Crippen molar-refractivity contribution in [1.82, 2.24) is 5.16 Å². The minimum absolute atomic E-state index is 0.206. The van der Waals surface area contributed by atoms with Crippen molar-refractivity contribution in [1.29, 1.82) is 0 Å². The summed E-state index contributed by atoms with van der Waals surface area (Å²) in [6.45, 7) is 3.51. The first-order valence-corrected chi connectivity index (χ1v) is 10.6. The SMILES string of the molecule is COC(=O)C1(c2ccc(C#Cc3onc(C)c3NC(=O)O[C@H](C)c3ccccc3)cc2)CC1. The fraction of sp³-hybridized carbons (Fsp3) is 0.269. The van der Waals surface area contributed by atoms with Crippen LogP contribution >= 0.6 is 0 Å². The average Bonchev–Trinajstić information content (AvgIpc) is 3.58. The Labute approximate surface area is 192 Å². The van der Waals surface area contributed by atoms with E-state index in [1.807, 2.05) is 54.6 Å². The maximum Gasteiger partial charge on any atom is 0.412 e. The van der Waals surface area contributed by atoms with Gasteiger partial charge in [-0.2, -0.15) is 0 Å². The highest BCUT2D eigenvalue weighted by Crippen LogP contribution is 2.49. The molecule has 3 aromatic rings. The van der Waals surface area contributed by atoms with Gasteiger partial charge in [-0.05, 0) is 55.9 Å². The number of carbonyl (C=O) groups excluding carboxylic acids is 2. The van der Waals surface area contributed by atoms with E-state index in [1.165, 1.54) is 7.11 Å². The van der Waals surface area contributed by atoms with Crippen LogP contribution in [-0.2, 0) is 19.7 Å². The van der Waals surface area contributed by atoms with Crippen molar-refractivity contribution in [2.24, 2.45) is 0 Å². The first kappa shape index (κ1) is 22.2. The standard InChI is InChI=1S/C26H24N2O5/c1-17-23(27-25(30)32-18(2)20-7-5-4-6-8-20)22(33-28-17)14-11-19-9-12-21(13-10-19)26(15-16-26)24(29)31-3/h4-10,12-13,18H,15-16H2,1-3H3,(H,27,30)/t18-/m1/s1. The van der Waals surface area contributed by atoms with Crippen molar-refractivity contribution in [3.05, 3.63) is 82.7 Å². The van der Waals surface area contributed by atoms with Crippen LogP contribution in [0.5, 0.6) is 0 Å². The predicted molar refractivity (Wildman–Crippen MR) is 122 cm³/mol. The summed E-state index contributed by atoms with van der Waals surface area (Å²) < 4.78 is 15.7. The molecule has 1 aromatic heterocycles. The molecular formula is C26H24N2O5. The Balaban J connectivity index is 1.45. The van der Waals surface area contributed by atoms with E-state index in [2.05, 4.69) is 22.3 Å². The number of carbonyl (C=O) groups is 2. The summed E-state index contributed by atoms with van der Waals surface area (Å²) in [7, 11) is 1.41. The minimum atomic E-state index is -0.623. The molecule has 1 N–H and O–H groups in total. The zero-order valence-electron chi connectivity index (χ0n) is 18.7. The molecule has 168 valence electrons. The van der Waals surface area contributed by atoms with Crippen LogP contribution in [-0.4, -0.2) is 24.3 Å². The summed E-state index contributed by atoms with van der Waals surface area (Å²) in [5.41, 5.74) is 2.89. The summed E-state index contributed by atoms with van der Waals surface area (Å²) >= 11 is 0. The molecule has 33 heavy (non-hydrogen) atoms. The number of esters is 1. The molecule has 1 saturated carbocycles. The fourth-order valence-corrected chi connectivity index (χ4v) is 3.62. The van der Waals surface area contributed by atoms with Gasteiger partial charge < -0.3 is 14.0 Å². The van der Waals surface area contributed by atoms with Gasteiger partial charge in [-0.15, -0.1) is 0 Å². The Kier molecular flexibility index (Phi) is 6.18. The fourth-order valence-electron chi connectivity index (χ4n) is 3.62. The molecule has 0 bridgehead atoms. The molecule has 0 radical (unpaired) electrons. The largest absolute Gasteiger partial charge is 0.468 e. The van der Waals surface area contributed by atoms with Crippen LogP contribution in [0, 0.1) is 18.8 Å². The van der Waals surface area contributed by atoms with Crippen LogP contribution < -0.4 is 5.32 Å². The third-order valence-electron chi connectivity index (χ3n) is 5.73. The molecule has 0 saturated heterocycles. The molecule has 7 heteroatoms. The lowest BCUT2D eigenvalue weighted by molar-refractivity contribution is -0.143. The van der Waals surface area contributed by atoms with Gasteiger partial charge in [-0.3, -0.25) is 10.1 Å². The van der Waals surface area contributed by atoms with Crippen LogP contribution in [0.1, 0.15) is 54.0 Å². The van der Waals surface area contributed by atoms with Crippen molar-refractivity contribution < 1.29 is 23.6 Å². The number of anilines is 1. The normalized spacial score (nSPS) is 14.4. The van der Waals surface area contributed by atoms with Crippen LogP contribution in [0.3, 0.4) is 0 Å². The van der Waals surface area contributed by atoms with E-state index in [1.54, 1.807) is 13.8 Å². The minimum Gasteiger partial charge on any atom is -0.468 e. The first-order valence-electron chi connectivity index (χ1n) is 10.6. The average molecular weight is 444 g/mol. The molecule has 1 atom stereocenters. The Morgan fingerprint density at radius 3 is 2.42 bits per heavy atom. The number of amides is 1. The number of hydrogen-bond donors (Lipinski definition) is 1. The highest BCUT2D eigenvalue weighted by atomic mass is 16.6. The third kappa shape index (κ3) is 4.75. The van der Waals surface area contributed by atoms with Crippen LogP contribution in [0.15, 0.2) is 59.1 Å². The smallest absolute Gasteiger partial charge is 0.412 e. The summed E-state index contributed by atoms with van der Waals surface area (Å²) in [4.78, 5) is 24.5. The quantitative estimate of drug-likeness (QED) is 0.445. The number of ether oxygens (including phenoxy) is 2. The van der Waals surface area contributed by atoms with E-state index < -0.39 is 17.6 Å². The molecule has 4 rings (SSSR count). The zero-order valence-corrected chi connectivity index (χ0v) is 18.7. The maximum absolute atomic E-state index is 12.4.